The van der Waals surface area contributed by atoms with E-state index in [1.807, 2.05) is 0 Å². The molecular formula is C29H17Br2Cl2F5N2O8. The third-order valence-electron chi connectivity index (χ3n) is 9.28. The first-order valence-corrected chi connectivity index (χ1v) is 15.9. The molecule has 254 valence electrons. The molecule has 2 aromatic carbocycles. The Morgan fingerprint density at radius 1 is 0.917 bits per heavy atom. The van der Waals surface area contributed by atoms with Gasteiger partial charge in [-0.3, -0.25) is 19.2 Å². The van der Waals surface area contributed by atoms with Gasteiger partial charge in [-0.1, -0.05) is 11.6 Å². The fourth-order valence-corrected chi connectivity index (χ4v) is 9.04. The van der Waals surface area contributed by atoms with E-state index in [0.29, 0.717) is 0 Å². The van der Waals surface area contributed by atoms with Crippen molar-refractivity contribution in [1.29, 1.82) is 0 Å². The number of imide groups is 4. The lowest BCUT2D eigenvalue weighted by Crippen LogP contribution is -2.60. The lowest BCUT2D eigenvalue weighted by atomic mass is 9.56. The number of benzene rings is 2. The first kappa shape index (κ1) is 34.6. The normalized spacial score (nSPS) is 29.5. The van der Waals surface area contributed by atoms with Crippen LogP contribution in [0.3, 0.4) is 0 Å². The molecule has 10 nitrogen and oxygen atoms in total. The number of nitrogens with zero attached hydrogens (tertiary/aromatic N) is 2. The summed E-state index contributed by atoms with van der Waals surface area (Å²) in [5.41, 5.74) is -1.87. The van der Waals surface area contributed by atoms with Crippen LogP contribution < -0.4 is 9.64 Å². The van der Waals surface area contributed by atoms with Gasteiger partial charge in [-0.15, -0.1) is 23.2 Å². The maximum absolute atomic E-state index is 15.2. The highest BCUT2D eigenvalue weighted by Gasteiger charge is 2.77. The van der Waals surface area contributed by atoms with E-state index in [2.05, 4.69) is 36.6 Å². The Morgan fingerprint density at radius 2 is 1.50 bits per heavy atom. The van der Waals surface area contributed by atoms with Crippen LogP contribution in [0.15, 0.2) is 26.7 Å². The minimum atomic E-state index is -2.82. The SMILES string of the molecule is COC(=O)N1C(=O)C2CC=C3C(CC4(Cl)C(=O)N(c5c(F)c(F)c(F)c(F)c5F)C(=O)C4(Cl)C3c3cc(OC)c(O)c(Br)c3Br)C2C1=O. The summed E-state index contributed by atoms with van der Waals surface area (Å²) in [4.78, 5) is 62.3. The number of carbonyl (C=O) groups is 5. The Hall–Kier alpha value is -3.28. The molecule has 6 unspecified atom stereocenters. The van der Waals surface area contributed by atoms with E-state index in [0.717, 1.165) is 7.11 Å². The van der Waals surface area contributed by atoms with E-state index in [1.54, 1.807) is 0 Å². The number of likely N-dealkylation sites (tertiary alicyclic amines) is 1. The number of methoxy groups -OCH3 is 2. The number of fused-ring (bicyclic) bond motifs is 4. The second-order valence-corrected chi connectivity index (χ2v) is 14.1. The van der Waals surface area contributed by atoms with Crippen LogP contribution in [-0.2, 0) is 23.9 Å². The van der Waals surface area contributed by atoms with Crippen LogP contribution in [0.4, 0.5) is 32.4 Å². The van der Waals surface area contributed by atoms with E-state index in [4.69, 9.17) is 27.9 Å². The quantitative estimate of drug-likeness (QED) is 0.100. The van der Waals surface area contributed by atoms with Gasteiger partial charge < -0.3 is 14.6 Å². The van der Waals surface area contributed by atoms with Crippen LogP contribution in [0.5, 0.6) is 11.5 Å². The maximum atomic E-state index is 15.2. The number of hydrogen-bond acceptors (Lipinski definition) is 8. The van der Waals surface area contributed by atoms with Gasteiger partial charge in [0.05, 0.1) is 30.5 Å². The van der Waals surface area contributed by atoms with Crippen LogP contribution in [0, 0.1) is 46.8 Å². The van der Waals surface area contributed by atoms with Gasteiger partial charge in [-0.2, -0.15) is 4.90 Å². The molecule has 0 aromatic heterocycles. The summed E-state index contributed by atoms with van der Waals surface area (Å²) >= 11 is 20.6. The second-order valence-electron chi connectivity index (χ2n) is 11.3. The van der Waals surface area contributed by atoms with Crippen molar-refractivity contribution in [2.24, 2.45) is 17.8 Å². The number of halogens is 9. The van der Waals surface area contributed by atoms with Gasteiger partial charge in [0.2, 0.25) is 17.6 Å². The molecule has 4 aliphatic rings. The monoisotopic (exact) mass is 844 g/mol. The molecule has 3 fully saturated rings. The summed E-state index contributed by atoms with van der Waals surface area (Å²) in [6.45, 7) is 0. The Kier molecular flexibility index (Phi) is 8.20. The van der Waals surface area contributed by atoms with E-state index < -0.39 is 110 Å². The van der Waals surface area contributed by atoms with E-state index in [-0.39, 0.29) is 42.1 Å². The smallest absolute Gasteiger partial charge is 0.423 e. The van der Waals surface area contributed by atoms with E-state index in [9.17, 15) is 42.3 Å². The molecule has 48 heavy (non-hydrogen) atoms. The molecular weight excluding hydrogens is 830 g/mol. The van der Waals surface area contributed by atoms with Gasteiger partial charge in [-0.25, -0.2) is 31.6 Å². The van der Waals surface area contributed by atoms with E-state index in [1.165, 1.54) is 19.3 Å². The van der Waals surface area contributed by atoms with Crippen molar-refractivity contribution in [2.75, 3.05) is 19.1 Å². The maximum Gasteiger partial charge on any atom is 0.423 e. The van der Waals surface area contributed by atoms with Crippen molar-refractivity contribution >= 4 is 90.5 Å². The molecule has 2 aliphatic heterocycles. The standard InChI is InChI=1S/C29H17Br2Cl2F5N2O8/c1-47-11-5-9(14(30)15(31)22(11)41)13-7-3-4-8-12(24(43)40(23(8)42)27(46)48-2)10(7)6-28(32)25(44)39(26(45)29(13,28)33)21-19(37)17(35)16(34)18(36)20(21)38/h3,5,8,10,12-13,41H,4,6H2,1-2H3. The number of phenolic OH excluding ortho intramolecular Hbond substituents is 1. The molecule has 6 atom stereocenters. The Balaban J connectivity index is 1.65. The topological polar surface area (TPSA) is 131 Å². The zero-order valence-corrected chi connectivity index (χ0v) is 28.7. The highest BCUT2D eigenvalue weighted by atomic mass is 79.9. The fraction of sp³-hybridized carbons (Fsp3) is 0.345. The number of phenols is 1. The van der Waals surface area contributed by atoms with Crippen LogP contribution in [-0.4, -0.2) is 63.7 Å². The fourth-order valence-electron chi connectivity index (χ4n) is 7.16. The van der Waals surface area contributed by atoms with Crippen LogP contribution in [0.1, 0.15) is 24.3 Å². The highest BCUT2D eigenvalue weighted by molar-refractivity contribution is 9.13. The van der Waals surface area contributed by atoms with Crippen LogP contribution in [0.2, 0.25) is 0 Å². The zero-order chi connectivity index (χ0) is 35.5. The van der Waals surface area contributed by atoms with Crippen LogP contribution >= 0.6 is 55.1 Å². The molecule has 0 radical (unpaired) electrons. The number of amides is 5. The largest absolute Gasteiger partial charge is 0.503 e. The lowest BCUT2D eigenvalue weighted by Gasteiger charge is -2.51. The summed E-state index contributed by atoms with van der Waals surface area (Å²) in [6.07, 6.45) is -0.841. The van der Waals surface area contributed by atoms with Gasteiger partial charge >= 0.3 is 6.09 Å². The molecule has 6 rings (SSSR count). The first-order valence-electron chi connectivity index (χ1n) is 13.6. The minimum absolute atomic E-state index is 0.00606. The third-order valence-corrected chi connectivity index (χ3v) is 12.9. The number of allylic oxidation sites excluding steroid dienone is 2. The van der Waals surface area contributed by atoms with Gasteiger partial charge in [0.1, 0.15) is 5.69 Å². The number of hydrogen-bond donors (Lipinski definition) is 1. The molecule has 0 spiro atoms. The average Bonchev–Trinajstić information content (AvgIpc) is 3.40. The number of carbonyl (C=O) groups excluding carboxylic acids is 5. The predicted molar refractivity (Wildman–Crippen MR) is 161 cm³/mol. The summed E-state index contributed by atoms with van der Waals surface area (Å²) in [7, 11) is 2.11. The molecule has 2 saturated heterocycles. The van der Waals surface area contributed by atoms with Crippen molar-refractivity contribution in [2.45, 2.75) is 28.5 Å². The van der Waals surface area contributed by atoms with Crippen molar-refractivity contribution < 1.29 is 60.5 Å². The van der Waals surface area contributed by atoms with E-state index >= 15 is 8.78 Å². The van der Waals surface area contributed by atoms with Crippen molar-refractivity contribution in [1.82, 2.24) is 4.90 Å². The summed E-state index contributed by atoms with van der Waals surface area (Å²) in [5.74, 6) is -24.1. The third kappa shape index (κ3) is 4.16. The zero-order valence-electron chi connectivity index (χ0n) is 24.0. The predicted octanol–water partition coefficient (Wildman–Crippen LogP) is 5.95. The Morgan fingerprint density at radius 3 is 2.06 bits per heavy atom. The number of aromatic hydroxyl groups is 1. The highest BCUT2D eigenvalue weighted by Crippen LogP contribution is 2.67. The molecule has 2 aromatic rings. The van der Waals surface area contributed by atoms with Crippen molar-refractivity contribution in [3.63, 3.8) is 0 Å². The van der Waals surface area contributed by atoms with Gasteiger partial charge in [0.25, 0.3) is 11.8 Å². The van der Waals surface area contributed by atoms with Crippen molar-refractivity contribution in [3.05, 3.63) is 61.3 Å². The first-order chi connectivity index (χ1) is 22.4. The lowest BCUT2D eigenvalue weighted by molar-refractivity contribution is -0.138. The van der Waals surface area contributed by atoms with Crippen molar-refractivity contribution in [3.8, 4) is 11.5 Å². The minimum Gasteiger partial charge on any atom is -0.503 e. The Bertz CT molecular complexity index is 1920. The van der Waals surface area contributed by atoms with Gasteiger partial charge in [0, 0.05) is 10.4 Å². The van der Waals surface area contributed by atoms with Gasteiger partial charge in [0.15, 0.2) is 44.5 Å². The number of rotatable bonds is 3. The summed E-state index contributed by atoms with van der Waals surface area (Å²) in [5, 5.41) is 10.6. The average molecular weight is 847 g/mol. The Labute approximate surface area is 292 Å². The molecule has 1 N–H and O–H groups in total. The molecule has 5 amide bonds. The van der Waals surface area contributed by atoms with Crippen LogP contribution in [0.25, 0.3) is 0 Å². The summed E-state index contributed by atoms with van der Waals surface area (Å²) in [6, 6.07) is 1.19. The molecule has 0 bridgehead atoms. The number of anilines is 1. The molecule has 19 heteroatoms. The second kappa shape index (κ2) is 11.4. The van der Waals surface area contributed by atoms with Gasteiger partial charge in [-0.05, 0) is 62.2 Å². The number of ether oxygens (including phenoxy) is 2. The molecule has 1 saturated carbocycles. The molecule has 2 heterocycles. The summed E-state index contributed by atoms with van der Waals surface area (Å²) < 4.78 is 82.9. The molecule has 2 aliphatic carbocycles. The number of alkyl halides is 2.